The van der Waals surface area contributed by atoms with Crippen LogP contribution in [0.25, 0.3) is 11.2 Å². The molecule has 1 saturated heterocycles. The fraction of sp³-hybridized carbons (Fsp3) is 0.333. The summed E-state index contributed by atoms with van der Waals surface area (Å²) in [7, 11) is 1.78. The van der Waals surface area contributed by atoms with Crippen LogP contribution in [0, 0.1) is 0 Å². The summed E-state index contributed by atoms with van der Waals surface area (Å²) < 4.78 is 6.74. The highest BCUT2D eigenvalue weighted by atomic mass is 16.5. The molecule has 150 valence electrons. The van der Waals surface area contributed by atoms with Gasteiger partial charge in [0.15, 0.2) is 22.7 Å². The van der Waals surface area contributed by atoms with Gasteiger partial charge < -0.3 is 19.9 Å². The fourth-order valence-corrected chi connectivity index (χ4v) is 3.20. The number of esters is 1. The van der Waals surface area contributed by atoms with E-state index in [0.29, 0.717) is 54.6 Å². The lowest BCUT2D eigenvalue weighted by Gasteiger charge is -2.35. The van der Waals surface area contributed by atoms with E-state index in [1.807, 2.05) is 0 Å². The zero-order valence-corrected chi connectivity index (χ0v) is 16.1. The molecule has 0 aliphatic carbocycles. The monoisotopic (exact) mass is 396 g/mol. The Labute approximate surface area is 166 Å². The molecule has 29 heavy (non-hydrogen) atoms. The normalized spacial score (nSPS) is 14.1. The molecule has 0 atom stereocenters. The molecule has 4 rings (SSSR count). The second-order valence-electron chi connectivity index (χ2n) is 6.58. The van der Waals surface area contributed by atoms with Gasteiger partial charge in [-0.2, -0.15) is 0 Å². The standard InChI is InChI=1S/C18H20N8O3/c1-12(27)29-14-6-4-3-5-13(14)21-18(28)26-9-7-25(8-10-26)17-15-16(19-11-20-17)24(2)23-22-15/h3-6,11H,7-10H2,1-2H3,(H,21,28). The van der Waals surface area contributed by atoms with Crippen molar-refractivity contribution in [3.05, 3.63) is 30.6 Å². The number of para-hydroxylation sites is 2. The first-order valence-electron chi connectivity index (χ1n) is 9.11. The van der Waals surface area contributed by atoms with E-state index in [1.165, 1.54) is 13.3 Å². The Morgan fingerprint density at radius 3 is 2.62 bits per heavy atom. The first kappa shape index (κ1) is 18.6. The smallest absolute Gasteiger partial charge is 0.322 e. The fourth-order valence-electron chi connectivity index (χ4n) is 3.20. The minimum Gasteiger partial charge on any atom is -0.424 e. The van der Waals surface area contributed by atoms with Gasteiger partial charge in [-0.05, 0) is 12.1 Å². The molecule has 2 amide bonds. The molecule has 2 aromatic heterocycles. The lowest BCUT2D eigenvalue weighted by Crippen LogP contribution is -2.50. The molecular formula is C18H20N8O3. The SMILES string of the molecule is CC(=O)Oc1ccccc1NC(=O)N1CCN(c2ncnc3c2nnn3C)CC1. The zero-order chi connectivity index (χ0) is 20.4. The summed E-state index contributed by atoms with van der Waals surface area (Å²) in [5, 5.41) is 11.0. The molecule has 0 unspecified atom stereocenters. The lowest BCUT2D eigenvalue weighted by molar-refractivity contribution is -0.131. The van der Waals surface area contributed by atoms with E-state index >= 15 is 0 Å². The van der Waals surface area contributed by atoms with Crippen molar-refractivity contribution in [2.24, 2.45) is 7.05 Å². The Morgan fingerprint density at radius 2 is 1.86 bits per heavy atom. The van der Waals surface area contributed by atoms with Crippen LogP contribution < -0.4 is 15.0 Å². The third kappa shape index (κ3) is 3.79. The zero-order valence-electron chi connectivity index (χ0n) is 16.1. The van der Waals surface area contributed by atoms with Gasteiger partial charge in [-0.25, -0.2) is 19.4 Å². The Hall–Kier alpha value is -3.76. The Balaban J connectivity index is 1.42. The molecule has 0 spiro atoms. The molecule has 0 radical (unpaired) electrons. The quantitative estimate of drug-likeness (QED) is 0.515. The second kappa shape index (κ2) is 7.70. The van der Waals surface area contributed by atoms with Crippen LogP contribution >= 0.6 is 0 Å². The number of piperazine rings is 1. The predicted octanol–water partition coefficient (Wildman–Crippen LogP) is 1.04. The van der Waals surface area contributed by atoms with Gasteiger partial charge >= 0.3 is 12.0 Å². The van der Waals surface area contributed by atoms with Crippen molar-refractivity contribution in [2.75, 3.05) is 36.4 Å². The highest BCUT2D eigenvalue weighted by Gasteiger charge is 2.25. The summed E-state index contributed by atoms with van der Waals surface area (Å²) >= 11 is 0. The van der Waals surface area contributed by atoms with Crippen LogP contribution in [0.4, 0.5) is 16.3 Å². The van der Waals surface area contributed by atoms with Gasteiger partial charge in [0, 0.05) is 40.2 Å². The molecule has 0 saturated carbocycles. The first-order valence-corrected chi connectivity index (χ1v) is 9.11. The maximum Gasteiger partial charge on any atom is 0.322 e. The van der Waals surface area contributed by atoms with E-state index in [9.17, 15) is 9.59 Å². The third-order valence-corrected chi connectivity index (χ3v) is 4.62. The topological polar surface area (TPSA) is 118 Å². The number of ether oxygens (including phenoxy) is 1. The molecule has 1 N–H and O–H groups in total. The van der Waals surface area contributed by atoms with Crippen molar-refractivity contribution in [3.8, 4) is 5.75 Å². The van der Waals surface area contributed by atoms with Crippen molar-refractivity contribution in [3.63, 3.8) is 0 Å². The molecule has 0 bridgehead atoms. The number of amides is 2. The number of nitrogens with zero attached hydrogens (tertiary/aromatic N) is 7. The number of aromatic nitrogens is 5. The van der Waals surface area contributed by atoms with Gasteiger partial charge in [0.1, 0.15) is 6.33 Å². The molecule has 1 aliphatic rings. The Morgan fingerprint density at radius 1 is 1.10 bits per heavy atom. The average molecular weight is 396 g/mol. The van der Waals surface area contributed by atoms with Crippen molar-refractivity contribution >= 4 is 34.7 Å². The van der Waals surface area contributed by atoms with Crippen LogP contribution in [0.3, 0.4) is 0 Å². The first-order chi connectivity index (χ1) is 14.0. The van der Waals surface area contributed by atoms with E-state index in [-0.39, 0.29) is 6.03 Å². The van der Waals surface area contributed by atoms with Crippen LogP contribution in [0.2, 0.25) is 0 Å². The van der Waals surface area contributed by atoms with Crippen LogP contribution in [-0.4, -0.2) is 68.0 Å². The van der Waals surface area contributed by atoms with E-state index in [0.717, 1.165) is 0 Å². The van der Waals surface area contributed by atoms with E-state index < -0.39 is 5.97 Å². The van der Waals surface area contributed by atoms with Gasteiger partial charge in [0.25, 0.3) is 0 Å². The summed E-state index contributed by atoms with van der Waals surface area (Å²) in [5.74, 6) is 0.585. The van der Waals surface area contributed by atoms with E-state index in [4.69, 9.17) is 4.74 Å². The highest BCUT2D eigenvalue weighted by Crippen LogP contribution is 2.25. The number of carbonyl (C=O) groups is 2. The summed E-state index contributed by atoms with van der Waals surface area (Å²) in [5.41, 5.74) is 1.76. The minimum absolute atomic E-state index is 0.253. The van der Waals surface area contributed by atoms with E-state index in [2.05, 4.69) is 30.5 Å². The Bertz CT molecular complexity index is 1060. The maximum absolute atomic E-state index is 12.7. The Kier molecular flexibility index (Phi) is 4.94. The molecule has 11 heteroatoms. The summed E-state index contributed by atoms with van der Waals surface area (Å²) in [4.78, 5) is 36.2. The van der Waals surface area contributed by atoms with Crippen molar-refractivity contribution in [2.45, 2.75) is 6.92 Å². The minimum atomic E-state index is -0.444. The number of benzene rings is 1. The highest BCUT2D eigenvalue weighted by molar-refractivity contribution is 5.92. The van der Waals surface area contributed by atoms with Crippen molar-refractivity contribution in [1.82, 2.24) is 29.9 Å². The average Bonchev–Trinajstić information content (AvgIpc) is 3.10. The second-order valence-corrected chi connectivity index (χ2v) is 6.58. The number of hydrogen-bond donors (Lipinski definition) is 1. The number of rotatable bonds is 3. The molecule has 1 fully saturated rings. The number of hydrogen-bond acceptors (Lipinski definition) is 8. The maximum atomic E-state index is 12.7. The molecule has 1 aromatic carbocycles. The van der Waals surface area contributed by atoms with Crippen molar-refractivity contribution < 1.29 is 14.3 Å². The summed E-state index contributed by atoms with van der Waals surface area (Å²) in [6, 6.07) is 6.58. The van der Waals surface area contributed by atoms with E-state index in [1.54, 1.807) is 40.9 Å². The number of aryl methyl sites for hydroxylation is 1. The van der Waals surface area contributed by atoms with Crippen LogP contribution in [0.5, 0.6) is 5.75 Å². The van der Waals surface area contributed by atoms with Gasteiger partial charge in [-0.15, -0.1) is 5.10 Å². The molecular weight excluding hydrogens is 376 g/mol. The van der Waals surface area contributed by atoms with Gasteiger partial charge in [-0.3, -0.25) is 4.79 Å². The molecule has 3 aromatic rings. The lowest BCUT2D eigenvalue weighted by atomic mass is 10.3. The van der Waals surface area contributed by atoms with Crippen LogP contribution in [-0.2, 0) is 11.8 Å². The van der Waals surface area contributed by atoms with Crippen LogP contribution in [0.15, 0.2) is 30.6 Å². The number of urea groups is 1. The number of nitrogens with one attached hydrogen (secondary N) is 1. The number of carbonyl (C=O) groups excluding carboxylic acids is 2. The molecule has 1 aliphatic heterocycles. The third-order valence-electron chi connectivity index (χ3n) is 4.62. The number of fused-ring (bicyclic) bond motifs is 1. The van der Waals surface area contributed by atoms with Gasteiger partial charge in [-0.1, -0.05) is 17.3 Å². The molecule has 3 heterocycles. The van der Waals surface area contributed by atoms with Crippen LogP contribution in [0.1, 0.15) is 6.92 Å². The predicted molar refractivity (Wildman–Crippen MR) is 105 cm³/mol. The van der Waals surface area contributed by atoms with Gasteiger partial charge in [0.05, 0.1) is 5.69 Å². The molecule has 11 nitrogen and oxygen atoms in total. The number of anilines is 2. The summed E-state index contributed by atoms with van der Waals surface area (Å²) in [6.07, 6.45) is 1.49. The summed E-state index contributed by atoms with van der Waals surface area (Å²) in [6.45, 7) is 3.53. The van der Waals surface area contributed by atoms with Crippen molar-refractivity contribution in [1.29, 1.82) is 0 Å². The van der Waals surface area contributed by atoms with Gasteiger partial charge in [0.2, 0.25) is 0 Å². The largest absolute Gasteiger partial charge is 0.424 e.